The normalized spacial score (nSPS) is 19.5. The second kappa shape index (κ2) is 5.97. The van der Waals surface area contributed by atoms with E-state index in [2.05, 4.69) is 19.9 Å². The van der Waals surface area contributed by atoms with Gasteiger partial charge in [-0.25, -0.2) is 14.8 Å². The third-order valence-corrected chi connectivity index (χ3v) is 5.35. The molecule has 138 valence electrons. The Balaban J connectivity index is 1.75. The van der Waals surface area contributed by atoms with Gasteiger partial charge in [0.2, 0.25) is 11.8 Å². The van der Waals surface area contributed by atoms with E-state index < -0.39 is 6.09 Å². The standard InChI is InChI=1S/C16H20N6O3S/c1-16(2)8-25-12(20-16)9-7-26-13-10(9)11(18-14(17)19-13)21-3-5-22(6-4-21)15(23)24/h7H,3-6,8H2,1-2H3,(H,23,24)(H2,17,18,19). The van der Waals surface area contributed by atoms with Crippen LogP contribution in [0.2, 0.25) is 0 Å². The lowest BCUT2D eigenvalue weighted by molar-refractivity contribution is 0.142. The number of nitrogens with two attached hydrogens (primary N) is 1. The van der Waals surface area contributed by atoms with Gasteiger partial charge in [0.05, 0.1) is 16.5 Å². The molecule has 0 aromatic carbocycles. The van der Waals surface area contributed by atoms with Gasteiger partial charge in [-0.3, -0.25) is 0 Å². The molecule has 0 bridgehead atoms. The van der Waals surface area contributed by atoms with Gasteiger partial charge in [0.1, 0.15) is 17.3 Å². The SMILES string of the molecule is CC1(C)COC(c2csc3nc(N)nc(N4CCN(C(=O)O)CC4)c23)=N1. The first-order valence-corrected chi connectivity index (χ1v) is 9.22. The molecule has 2 aliphatic rings. The highest BCUT2D eigenvalue weighted by Crippen LogP contribution is 2.35. The van der Waals surface area contributed by atoms with Crippen LogP contribution in [0.3, 0.4) is 0 Å². The van der Waals surface area contributed by atoms with E-state index in [9.17, 15) is 4.79 Å². The zero-order valence-corrected chi connectivity index (χ0v) is 15.4. The Morgan fingerprint density at radius 1 is 1.31 bits per heavy atom. The number of ether oxygens (including phenoxy) is 1. The van der Waals surface area contributed by atoms with Gasteiger partial charge in [0.25, 0.3) is 0 Å². The molecule has 26 heavy (non-hydrogen) atoms. The Hall–Kier alpha value is -2.62. The number of hydrogen-bond donors (Lipinski definition) is 2. The molecule has 0 saturated carbocycles. The largest absolute Gasteiger partial charge is 0.475 e. The fourth-order valence-electron chi connectivity index (χ4n) is 3.16. The number of anilines is 2. The summed E-state index contributed by atoms with van der Waals surface area (Å²) >= 11 is 1.48. The molecule has 10 heteroatoms. The number of aromatic nitrogens is 2. The quantitative estimate of drug-likeness (QED) is 0.818. The van der Waals surface area contributed by atoms with E-state index in [0.29, 0.717) is 44.5 Å². The predicted octanol–water partition coefficient (Wildman–Crippen LogP) is 1.63. The molecule has 2 aliphatic heterocycles. The molecule has 0 radical (unpaired) electrons. The first-order chi connectivity index (χ1) is 12.3. The number of aliphatic imine (C=N–C) groups is 1. The number of nitrogens with zero attached hydrogens (tertiary/aromatic N) is 5. The molecule has 2 aromatic heterocycles. The van der Waals surface area contributed by atoms with E-state index in [1.54, 1.807) is 0 Å². The monoisotopic (exact) mass is 376 g/mol. The second-order valence-electron chi connectivity index (χ2n) is 7.01. The summed E-state index contributed by atoms with van der Waals surface area (Å²) in [5.74, 6) is 1.51. The van der Waals surface area contributed by atoms with E-state index in [0.717, 1.165) is 15.8 Å². The van der Waals surface area contributed by atoms with Crippen LogP contribution in [-0.2, 0) is 4.74 Å². The summed E-state index contributed by atoms with van der Waals surface area (Å²) in [5, 5.41) is 12.0. The summed E-state index contributed by atoms with van der Waals surface area (Å²) in [6.07, 6.45) is -0.899. The van der Waals surface area contributed by atoms with Gasteiger partial charge in [-0.15, -0.1) is 11.3 Å². The Labute approximate surface area is 154 Å². The third-order valence-electron chi connectivity index (χ3n) is 4.48. The molecule has 3 N–H and O–H groups in total. The third kappa shape index (κ3) is 2.90. The number of carboxylic acid groups (broad SMARTS) is 1. The minimum absolute atomic E-state index is 0.205. The molecule has 0 unspecified atom stereocenters. The highest BCUT2D eigenvalue weighted by Gasteiger charge is 2.31. The summed E-state index contributed by atoms with van der Waals surface area (Å²) in [5.41, 5.74) is 6.51. The topological polar surface area (TPSA) is 117 Å². The van der Waals surface area contributed by atoms with E-state index in [1.807, 2.05) is 19.2 Å². The van der Waals surface area contributed by atoms with Crippen LogP contribution < -0.4 is 10.6 Å². The second-order valence-corrected chi connectivity index (χ2v) is 7.87. The fraction of sp³-hybridized carbons (Fsp3) is 0.500. The van der Waals surface area contributed by atoms with Crippen LogP contribution in [0.15, 0.2) is 10.4 Å². The number of nitrogen functional groups attached to an aromatic ring is 1. The van der Waals surface area contributed by atoms with Gasteiger partial charge in [-0.2, -0.15) is 4.98 Å². The van der Waals surface area contributed by atoms with Crippen molar-refractivity contribution in [1.82, 2.24) is 14.9 Å². The maximum atomic E-state index is 11.1. The zero-order chi connectivity index (χ0) is 18.5. The van der Waals surface area contributed by atoms with E-state index in [-0.39, 0.29) is 11.5 Å². The highest BCUT2D eigenvalue weighted by atomic mass is 32.1. The van der Waals surface area contributed by atoms with Crippen molar-refractivity contribution < 1.29 is 14.6 Å². The number of thiophene rings is 1. The molecule has 4 rings (SSSR count). The van der Waals surface area contributed by atoms with Gasteiger partial charge in [-0.1, -0.05) is 0 Å². The van der Waals surface area contributed by atoms with Crippen LogP contribution in [0.1, 0.15) is 19.4 Å². The molecule has 0 spiro atoms. The van der Waals surface area contributed by atoms with Crippen LogP contribution in [0, 0.1) is 0 Å². The van der Waals surface area contributed by atoms with Crippen molar-refractivity contribution in [2.45, 2.75) is 19.4 Å². The Kier molecular flexibility index (Phi) is 3.87. The number of amides is 1. The van der Waals surface area contributed by atoms with Gasteiger partial charge < -0.3 is 25.4 Å². The van der Waals surface area contributed by atoms with Crippen molar-refractivity contribution >= 4 is 45.3 Å². The van der Waals surface area contributed by atoms with Crippen molar-refractivity contribution in [1.29, 1.82) is 0 Å². The molecule has 1 fully saturated rings. The smallest absolute Gasteiger partial charge is 0.407 e. The van der Waals surface area contributed by atoms with Gasteiger partial charge in [0, 0.05) is 31.6 Å². The average Bonchev–Trinajstić information content (AvgIpc) is 3.17. The molecule has 0 aliphatic carbocycles. The van der Waals surface area contributed by atoms with Crippen molar-refractivity contribution in [3.63, 3.8) is 0 Å². The number of fused-ring (bicyclic) bond motifs is 1. The van der Waals surface area contributed by atoms with Crippen molar-refractivity contribution in [3.8, 4) is 0 Å². The summed E-state index contributed by atoms with van der Waals surface area (Å²) in [6.45, 7) is 6.51. The summed E-state index contributed by atoms with van der Waals surface area (Å²) in [7, 11) is 0. The zero-order valence-electron chi connectivity index (χ0n) is 14.6. The minimum atomic E-state index is -0.899. The molecule has 1 saturated heterocycles. The van der Waals surface area contributed by atoms with E-state index in [4.69, 9.17) is 15.6 Å². The Morgan fingerprint density at radius 3 is 2.65 bits per heavy atom. The molecule has 9 nitrogen and oxygen atoms in total. The Morgan fingerprint density at radius 2 is 2.04 bits per heavy atom. The lowest BCUT2D eigenvalue weighted by Gasteiger charge is -2.34. The van der Waals surface area contributed by atoms with Crippen LogP contribution in [0.4, 0.5) is 16.6 Å². The lowest BCUT2D eigenvalue weighted by atomic mass is 10.1. The summed E-state index contributed by atoms with van der Waals surface area (Å²) < 4.78 is 5.81. The summed E-state index contributed by atoms with van der Waals surface area (Å²) in [6, 6.07) is 0. The van der Waals surface area contributed by atoms with Crippen LogP contribution in [0.5, 0.6) is 0 Å². The number of rotatable bonds is 2. The number of hydrogen-bond acceptors (Lipinski definition) is 8. The molecular formula is C16H20N6O3S. The van der Waals surface area contributed by atoms with Gasteiger partial charge in [-0.05, 0) is 13.8 Å². The van der Waals surface area contributed by atoms with E-state index >= 15 is 0 Å². The molecular weight excluding hydrogens is 356 g/mol. The predicted molar refractivity (Wildman–Crippen MR) is 100 cm³/mol. The fourth-order valence-corrected chi connectivity index (χ4v) is 4.07. The number of carbonyl (C=O) groups is 1. The maximum Gasteiger partial charge on any atom is 0.407 e. The molecule has 0 atom stereocenters. The lowest BCUT2D eigenvalue weighted by Crippen LogP contribution is -2.48. The maximum absolute atomic E-state index is 11.1. The average molecular weight is 376 g/mol. The van der Waals surface area contributed by atoms with Crippen LogP contribution in [-0.4, -0.2) is 70.3 Å². The molecule has 1 amide bonds. The van der Waals surface area contributed by atoms with Crippen molar-refractivity contribution in [2.24, 2.45) is 4.99 Å². The first kappa shape index (κ1) is 16.8. The highest BCUT2D eigenvalue weighted by molar-refractivity contribution is 7.17. The Bertz CT molecular complexity index is 901. The molecule has 4 heterocycles. The van der Waals surface area contributed by atoms with Crippen LogP contribution in [0.25, 0.3) is 10.2 Å². The van der Waals surface area contributed by atoms with Crippen LogP contribution >= 0.6 is 11.3 Å². The number of piperazine rings is 1. The first-order valence-electron chi connectivity index (χ1n) is 8.35. The minimum Gasteiger partial charge on any atom is -0.475 e. The van der Waals surface area contributed by atoms with Crippen molar-refractivity contribution in [2.75, 3.05) is 43.4 Å². The summed E-state index contributed by atoms with van der Waals surface area (Å²) in [4.78, 5) is 28.8. The molecule has 2 aromatic rings. The van der Waals surface area contributed by atoms with Crippen molar-refractivity contribution in [3.05, 3.63) is 10.9 Å². The van der Waals surface area contributed by atoms with E-state index in [1.165, 1.54) is 16.2 Å². The van der Waals surface area contributed by atoms with Gasteiger partial charge in [0.15, 0.2) is 0 Å². The van der Waals surface area contributed by atoms with Gasteiger partial charge >= 0.3 is 6.09 Å².